The minimum atomic E-state index is -4.65. The van der Waals surface area contributed by atoms with Gasteiger partial charge in [-0.1, -0.05) is 20.8 Å². The first-order valence-corrected chi connectivity index (χ1v) is 7.69. The normalized spacial score (nSPS) is 21.7. The fourth-order valence-corrected chi connectivity index (χ4v) is 2.45. The molecule has 1 rings (SSSR count). The molecule has 0 unspecified atom stereocenters. The Morgan fingerprint density at radius 3 is 2.17 bits per heavy atom. The molecule has 0 aromatic carbocycles. The van der Waals surface area contributed by atoms with Gasteiger partial charge in [-0.25, -0.2) is 0 Å². The number of hydrogen-bond acceptors (Lipinski definition) is 3. The van der Waals surface area contributed by atoms with Crippen LogP contribution in [0.25, 0.3) is 0 Å². The van der Waals surface area contributed by atoms with E-state index >= 15 is 0 Å². The average molecular weight is 352 g/mol. The summed E-state index contributed by atoms with van der Waals surface area (Å²) in [6.07, 6.45) is -4.41. The van der Waals surface area contributed by atoms with Crippen molar-refractivity contribution in [3.63, 3.8) is 0 Å². The topological polar surface area (TPSA) is 86.7 Å². The van der Waals surface area contributed by atoms with Crippen LogP contribution >= 0.6 is 0 Å². The van der Waals surface area contributed by atoms with Crippen molar-refractivity contribution >= 4 is 17.8 Å². The Labute approximate surface area is 138 Å². The number of nitrogens with zero attached hydrogens (tertiary/aromatic N) is 1. The summed E-state index contributed by atoms with van der Waals surface area (Å²) < 4.78 is 38.6. The highest BCUT2D eigenvalue weighted by atomic mass is 19.4. The van der Waals surface area contributed by atoms with Crippen LogP contribution in [-0.4, -0.2) is 53.6 Å². The van der Waals surface area contributed by atoms with E-state index in [1.165, 1.54) is 0 Å². The number of amides is 2. The average Bonchev–Trinajstić information content (AvgIpc) is 2.87. The number of alkyl halides is 3. The molecule has 0 aromatic heterocycles. The van der Waals surface area contributed by atoms with E-state index in [0.717, 1.165) is 4.90 Å². The van der Waals surface area contributed by atoms with Gasteiger partial charge in [0.2, 0.25) is 11.8 Å². The fraction of sp³-hybridized carbons (Fsp3) is 0.800. The molecule has 24 heavy (non-hydrogen) atoms. The summed E-state index contributed by atoms with van der Waals surface area (Å²) in [5, 5.41) is 11.6. The molecule has 1 fully saturated rings. The van der Waals surface area contributed by atoms with Gasteiger partial charge < -0.3 is 15.3 Å². The summed E-state index contributed by atoms with van der Waals surface area (Å²) in [6, 6.07) is 0. The van der Waals surface area contributed by atoms with E-state index in [1.807, 2.05) is 0 Å². The van der Waals surface area contributed by atoms with Crippen molar-refractivity contribution < 1.29 is 32.7 Å². The van der Waals surface area contributed by atoms with Gasteiger partial charge in [0.15, 0.2) is 0 Å². The predicted molar refractivity (Wildman–Crippen MR) is 78.9 cm³/mol. The highest BCUT2D eigenvalue weighted by molar-refractivity contribution is 5.81. The number of carbonyl (C=O) groups excluding carboxylic acids is 2. The van der Waals surface area contributed by atoms with E-state index in [4.69, 9.17) is 5.11 Å². The molecule has 0 spiro atoms. The quantitative estimate of drug-likeness (QED) is 0.737. The smallest absolute Gasteiger partial charge is 0.394 e. The lowest BCUT2D eigenvalue weighted by molar-refractivity contribution is -0.188. The van der Waals surface area contributed by atoms with Crippen molar-refractivity contribution in [1.29, 1.82) is 0 Å². The van der Waals surface area contributed by atoms with Gasteiger partial charge in [0.25, 0.3) is 0 Å². The van der Waals surface area contributed by atoms with Crippen LogP contribution in [0.15, 0.2) is 0 Å². The van der Waals surface area contributed by atoms with Crippen LogP contribution in [0.3, 0.4) is 0 Å². The molecule has 0 aliphatic carbocycles. The minimum absolute atomic E-state index is 0.0403. The Bertz CT molecular complexity index is 500. The first kappa shape index (κ1) is 20.2. The van der Waals surface area contributed by atoms with E-state index in [0.29, 0.717) is 0 Å². The molecule has 138 valence electrons. The number of hydrogen-bond donors (Lipinski definition) is 2. The first-order valence-electron chi connectivity index (χ1n) is 7.69. The molecule has 1 aliphatic heterocycles. The maximum atomic E-state index is 12.9. The van der Waals surface area contributed by atoms with Gasteiger partial charge >= 0.3 is 12.1 Å². The lowest BCUT2D eigenvalue weighted by Gasteiger charge is -2.19. The minimum Gasteiger partial charge on any atom is -0.481 e. The summed E-state index contributed by atoms with van der Waals surface area (Å²) >= 11 is 0. The van der Waals surface area contributed by atoms with E-state index in [9.17, 15) is 27.6 Å². The summed E-state index contributed by atoms with van der Waals surface area (Å²) in [5.41, 5.74) is -0.562. The summed E-state index contributed by atoms with van der Waals surface area (Å²) in [6.45, 7) is 4.38. The van der Waals surface area contributed by atoms with Crippen molar-refractivity contribution in [2.75, 3.05) is 19.6 Å². The van der Waals surface area contributed by atoms with Crippen LogP contribution in [0, 0.1) is 17.3 Å². The Kier molecular flexibility index (Phi) is 6.24. The molecule has 6 nitrogen and oxygen atoms in total. The monoisotopic (exact) mass is 352 g/mol. The van der Waals surface area contributed by atoms with Crippen molar-refractivity contribution in [2.45, 2.75) is 39.8 Å². The molecule has 0 saturated carbocycles. The number of carboxylic acid groups (broad SMARTS) is 1. The second-order valence-corrected chi connectivity index (χ2v) is 7.00. The molecular formula is C15H23F3N2O4. The van der Waals surface area contributed by atoms with Gasteiger partial charge in [-0.05, 0) is 6.42 Å². The number of likely N-dealkylation sites (tertiary alicyclic amines) is 1. The van der Waals surface area contributed by atoms with Crippen molar-refractivity contribution in [1.82, 2.24) is 10.2 Å². The fourth-order valence-electron chi connectivity index (χ4n) is 2.45. The van der Waals surface area contributed by atoms with Crippen molar-refractivity contribution in [2.24, 2.45) is 17.3 Å². The zero-order valence-corrected chi connectivity index (χ0v) is 13.9. The zero-order chi connectivity index (χ0) is 18.7. The third-order valence-corrected chi connectivity index (χ3v) is 3.94. The van der Waals surface area contributed by atoms with Gasteiger partial charge in [-0.3, -0.25) is 14.4 Å². The van der Waals surface area contributed by atoms with Crippen LogP contribution in [0.5, 0.6) is 0 Å². The lowest BCUT2D eigenvalue weighted by atomic mass is 9.96. The molecule has 1 saturated heterocycles. The van der Waals surface area contributed by atoms with Crippen LogP contribution in [-0.2, 0) is 14.4 Å². The molecule has 2 N–H and O–H groups in total. The molecule has 0 bridgehead atoms. The Morgan fingerprint density at radius 1 is 1.17 bits per heavy atom. The number of carbonyl (C=O) groups is 3. The predicted octanol–water partition coefficient (Wildman–Crippen LogP) is 1.65. The van der Waals surface area contributed by atoms with Crippen LogP contribution in [0.4, 0.5) is 13.2 Å². The largest absolute Gasteiger partial charge is 0.481 e. The number of rotatable bonds is 5. The summed E-state index contributed by atoms with van der Waals surface area (Å²) in [5.74, 6) is -5.93. The van der Waals surface area contributed by atoms with Gasteiger partial charge in [0.05, 0.1) is 11.8 Å². The van der Waals surface area contributed by atoms with Gasteiger partial charge in [0, 0.05) is 31.5 Å². The number of halogens is 3. The molecule has 9 heteroatoms. The highest BCUT2D eigenvalue weighted by Gasteiger charge is 2.53. The van der Waals surface area contributed by atoms with Gasteiger partial charge in [-0.2, -0.15) is 13.2 Å². The van der Waals surface area contributed by atoms with Crippen LogP contribution in [0.2, 0.25) is 0 Å². The SMILES string of the molecule is CC(C)(C)C(=O)NCCCC(=O)N1C[C@@H](C(F)(F)F)[C@H](C(=O)O)C1. The zero-order valence-electron chi connectivity index (χ0n) is 13.9. The molecule has 2 amide bonds. The van der Waals surface area contributed by atoms with E-state index in [1.54, 1.807) is 20.8 Å². The second-order valence-electron chi connectivity index (χ2n) is 7.00. The third-order valence-electron chi connectivity index (χ3n) is 3.94. The highest BCUT2D eigenvalue weighted by Crippen LogP contribution is 2.37. The van der Waals surface area contributed by atoms with Crippen molar-refractivity contribution in [3.05, 3.63) is 0 Å². The Hall–Kier alpha value is -1.80. The van der Waals surface area contributed by atoms with Crippen molar-refractivity contribution in [3.8, 4) is 0 Å². The Balaban J connectivity index is 2.49. The molecule has 2 atom stereocenters. The summed E-state index contributed by atoms with van der Waals surface area (Å²) in [7, 11) is 0. The molecule has 0 radical (unpaired) electrons. The maximum absolute atomic E-state index is 12.9. The van der Waals surface area contributed by atoms with Gasteiger partial charge in [0.1, 0.15) is 0 Å². The van der Waals surface area contributed by atoms with E-state index in [2.05, 4.69) is 5.32 Å². The number of aliphatic carboxylic acids is 1. The maximum Gasteiger partial charge on any atom is 0.394 e. The second kappa shape index (κ2) is 7.40. The molecular weight excluding hydrogens is 329 g/mol. The number of carboxylic acids is 1. The van der Waals surface area contributed by atoms with E-state index < -0.39 is 48.4 Å². The molecule has 1 heterocycles. The van der Waals surface area contributed by atoms with E-state index in [-0.39, 0.29) is 25.3 Å². The van der Waals surface area contributed by atoms with Gasteiger partial charge in [-0.15, -0.1) is 0 Å². The van der Waals surface area contributed by atoms with Crippen LogP contribution < -0.4 is 5.32 Å². The third kappa shape index (κ3) is 5.38. The Morgan fingerprint density at radius 2 is 1.75 bits per heavy atom. The van der Waals surface area contributed by atoms with Crippen LogP contribution in [0.1, 0.15) is 33.6 Å². The standard InChI is InChI=1S/C15H23F3N2O4/c1-14(2,3)13(24)19-6-4-5-11(21)20-7-9(12(22)23)10(8-20)15(16,17)18/h9-10H,4-8H2,1-3H3,(H,19,24)(H,22,23)/t9-,10-/m1/s1. The summed E-state index contributed by atoms with van der Waals surface area (Å²) in [4.78, 5) is 35.5. The molecule has 0 aromatic rings. The molecule has 1 aliphatic rings. The lowest BCUT2D eigenvalue weighted by Crippen LogP contribution is -2.36. The first-order chi connectivity index (χ1) is 10.8. The number of nitrogens with one attached hydrogen (secondary N) is 1.